The summed E-state index contributed by atoms with van der Waals surface area (Å²) in [5.41, 5.74) is 1.38. The minimum atomic E-state index is -3.77. The fraction of sp³-hybridized carbons (Fsp3) is 0.235. The molecule has 0 radical (unpaired) electrons. The molecule has 1 fully saturated rings. The van der Waals surface area contributed by atoms with Crippen molar-refractivity contribution in [3.05, 3.63) is 59.9 Å². The summed E-state index contributed by atoms with van der Waals surface area (Å²) in [5.74, 6) is -0.722. The van der Waals surface area contributed by atoms with Gasteiger partial charge in [-0.05, 0) is 55.3 Å². The van der Waals surface area contributed by atoms with Gasteiger partial charge in [0.25, 0.3) is 0 Å². The Hall–Kier alpha value is -2.25. The van der Waals surface area contributed by atoms with Crippen molar-refractivity contribution in [1.29, 1.82) is 0 Å². The van der Waals surface area contributed by atoms with E-state index < -0.39 is 16.1 Å². The van der Waals surface area contributed by atoms with Gasteiger partial charge in [-0.3, -0.25) is 4.79 Å². The van der Waals surface area contributed by atoms with Gasteiger partial charge in [0.05, 0.1) is 4.90 Å². The highest BCUT2D eigenvalue weighted by molar-refractivity contribution is 7.89. The van der Waals surface area contributed by atoms with Crippen LogP contribution in [0.3, 0.4) is 0 Å². The molecule has 3 rings (SSSR count). The van der Waals surface area contributed by atoms with Gasteiger partial charge in [0.15, 0.2) is 0 Å². The lowest BCUT2D eigenvalue weighted by Crippen LogP contribution is -2.41. The third-order valence-electron chi connectivity index (χ3n) is 3.94. The predicted octanol–water partition coefficient (Wildman–Crippen LogP) is 2.22. The van der Waals surface area contributed by atoms with E-state index in [4.69, 9.17) is 0 Å². The van der Waals surface area contributed by atoms with Crippen LogP contribution in [-0.2, 0) is 14.8 Å². The zero-order valence-electron chi connectivity index (χ0n) is 13.1. The maximum absolute atomic E-state index is 13.0. The van der Waals surface area contributed by atoms with E-state index in [9.17, 15) is 17.6 Å². The van der Waals surface area contributed by atoms with Crippen LogP contribution in [0.2, 0.25) is 0 Å². The molecular formula is C17H17FN2O3S. The Labute approximate surface area is 140 Å². The van der Waals surface area contributed by atoms with E-state index >= 15 is 0 Å². The molecule has 1 unspecified atom stereocenters. The number of benzene rings is 2. The van der Waals surface area contributed by atoms with Crippen LogP contribution in [0.4, 0.5) is 10.1 Å². The maximum Gasteiger partial charge on any atom is 0.245 e. The highest BCUT2D eigenvalue weighted by Crippen LogP contribution is 2.23. The van der Waals surface area contributed by atoms with Crippen molar-refractivity contribution in [2.75, 3.05) is 11.4 Å². The molecule has 1 amide bonds. The van der Waals surface area contributed by atoms with E-state index in [-0.39, 0.29) is 16.6 Å². The summed E-state index contributed by atoms with van der Waals surface area (Å²) in [4.78, 5) is 14.1. The van der Waals surface area contributed by atoms with E-state index in [1.54, 1.807) is 25.1 Å². The highest BCUT2D eigenvalue weighted by Gasteiger charge is 2.35. The lowest BCUT2D eigenvalue weighted by Gasteiger charge is -2.17. The number of carbonyl (C=O) groups is 1. The fourth-order valence-corrected chi connectivity index (χ4v) is 4.03. The van der Waals surface area contributed by atoms with E-state index in [0.29, 0.717) is 18.7 Å². The van der Waals surface area contributed by atoms with Crippen molar-refractivity contribution >= 4 is 21.6 Å². The first-order valence-corrected chi connectivity index (χ1v) is 9.01. The Morgan fingerprint density at radius 3 is 2.54 bits per heavy atom. The van der Waals surface area contributed by atoms with Gasteiger partial charge in [-0.15, -0.1) is 0 Å². The minimum Gasteiger partial charge on any atom is -0.311 e. The SMILES string of the molecule is Cc1cccc(S(=O)(=O)NC2CCN(c3ccc(F)cc3)C2=O)c1. The number of halogens is 1. The smallest absolute Gasteiger partial charge is 0.245 e. The van der Waals surface area contributed by atoms with Crippen LogP contribution < -0.4 is 9.62 Å². The van der Waals surface area contributed by atoms with E-state index in [2.05, 4.69) is 4.72 Å². The number of rotatable bonds is 4. The van der Waals surface area contributed by atoms with Crippen molar-refractivity contribution in [1.82, 2.24) is 4.72 Å². The lowest BCUT2D eigenvalue weighted by atomic mass is 10.2. The van der Waals surface area contributed by atoms with Crippen LogP contribution >= 0.6 is 0 Å². The second-order valence-electron chi connectivity index (χ2n) is 5.75. The lowest BCUT2D eigenvalue weighted by molar-refractivity contribution is -0.118. The molecule has 2 aromatic carbocycles. The molecule has 1 aliphatic rings. The third-order valence-corrected chi connectivity index (χ3v) is 5.41. The molecule has 0 bridgehead atoms. The first-order valence-electron chi connectivity index (χ1n) is 7.53. The second-order valence-corrected chi connectivity index (χ2v) is 7.46. The zero-order valence-corrected chi connectivity index (χ0v) is 13.9. The predicted molar refractivity (Wildman–Crippen MR) is 88.7 cm³/mol. The average Bonchev–Trinajstić information content (AvgIpc) is 2.89. The zero-order chi connectivity index (χ0) is 17.3. The van der Waals surface area contributed by atoms with Crippen molar-refractivity contribution < 1.29 is 17.6 Å². The normalized spacial score (nSPS) is 18.2. The van der Waals surface area contributed by atoms with Gasteiger partial charge in [0.1, 0.15) is 11.9 Å². The quantitative estimate of drug-likeness (QED) is 0.921. The summed E-state index contributed by atoms with van der Waals surface area (Å²) in [6.45, 7) is 2.18. The molecule has 0 saturated carbocycles. The number of sulfonamides is 1. The molecule has 0 aromatic heterocycles. The molecule has 5 nitrogen and oxygen atoms in total. The van der Waals surface area contributed by atoms with Gasteiger partial charge in [0, 0.05) is 12.2 Å². The number of aryl methyl sites for hydroxylation is 1. The average molecular weight is 348 g/mol. The molecule has 2 aromatic rings. The number of carbonyl (C=O) groups excluding carboxylic acids is 1. The van der Waals surface area contributed by atoms with Crippen LogP contribution in [0.1, 0.15) is 12.0 Å². The van der Waals surface area contributed by atoms with Gasteiger partial charge in [-0.1, -0.05) is 12.1 Å². The van der Waals surface area contributed by atoms with E-state index in [1.165, 1.54) is 35.2 Å². The fourth-order valence-electron chi connectivity index (χ4n) is 2.70. The minimum absolute atomic E-state index is 0.135. The topological polar surface area (TPSA) is 66.5 Å². The molecule has 0 spiro atoms. The van der Waals surface area contributed by atoms with Crippen LogP contribution in [-0.4, -0.2) is 26.9 Å². The van der Waals surface area contributed by atoms with Gasteiger partial charge in [0.2, 0.25) is 15.9 Å². The standard InChI is InChI=1S/C17H17FN2O3S/c1-12-3-2-4-15(11-12)24(22,23)19-16-9-10-20(17(16)21)14-7-5-13(18)6-8-14/h2-8,11,16,19H,9-10H2,1H3. The Bertz CT molecular complexity index is 866. The first kappa shape index (κ1) is 16.6. The van der Waals surface area contributed by atoms with Gasteiger partial charge in [-0.25, -0.2) is 12.8 Å². The van der Waals surface area contributed by atoms with Crippen molar-refractivity contribution in [2.45, 2.75) is 24.3 Å². The number of hydrogen-bond acceptors (Lipinski definition) is 3. The van der Waals surface area contributed by atoms with E-state index in [1.807, 2.05) is 0 Å². The van der Waals surface area contributed by atoms with Crippen molar-refractivity contribution in [3.63, 3.8) is 0 Å². The molecule has 1 heterocycles. The monoisotopic (exact) mass is 348 g/mol. The first-order chi connectivity index (χ1) is 11.4. The Morgan fingerprint density at radius 2 is 1.88 bits per heavy atom. The molecule has 1 atom stereocenters. The van der Waals surface area contributed by atoms with Crippen molar-refractivity contribution in [3.8, 4) is 0 Å². The highest BCUT2D eigenvalue weighted by atomic mass is 32.2. The van der Waals surface area contributed by atoms with Crippen molar-refractivity contribution in [2.24, 2.45) is 0 Å². The molecule has 1 saturated heterocycles. The largest absolute Gasteiger partial charge is 0.311 e. The third kappa shape index (κ3) is 3.32. The van der Waals surface area contributed by atoms with Gasteiger partial charge >= 0.3 is 0 Å². The summed E-state index contributed by atoms with van der Waals surface area (Å²) >= 11 is 0. The summed E-state index contributed by atoms with van der Waals surface area (Å²) in [6, 6.07) is 11.2. The molecular weight excluding hydrogens is 331 g/mol. The van der Waals surface area contributed by atoms with Crippen LogP contribution in [0, 0.1) is 12.7 Å². The van der Waals surface area contributed by atoms with Gasteiger partial charge < -0.3 is 4.90 Å². The summed E-state index contributed by atoms with van der Waals surface area (Å²) in [5, 5.41) is 0. The Kier molecular flexibility index (Phi) is 4.38. The number of amides is 1. The second kappa shape index (κ2) is 6.33. The Balaban J connectivity index is 1.77. The molecule has 1 aliphatic heterocycles. The molecule has 1 N–H and O–H groups in total. The summed E-state index contributed by atoms with van der Waals surface area (Å²) in [7, 11) is -3.77. The molecule has 7 heteroatoms. The molecule has 126 valence electrons. The maximum atomic E-state index is 13.0. The molecule has 24 heavy (non-hydrogen) atoms. The number of nitrogens with one attached hydrogen (secondary N) is 1. The van der Waals surface area contributed by atoms with Gasteiger partial charge in [-0.2, -0.15) is 4.72 Å². The number of hydrogen-bond donors (Lipinski definition) is 1. The Morgan fingerprint density at radius 1 is 1.17 bits per heavy atom. The van der Waals surface area contributed by atoms with Crippen LogP contribution in [0.15, 0.2) is 53.4 Å². The van der Waals surface area contributed by atoms with Crippen LogP contribution in [0.5, 0.6) is 0 Å². The van der Waals surface area contributed by atoms with Crippen LogP contribution in [0.25, 0.3) is 0 Å². The summed E-state index contributed by atoms with van der Waals surface area (Å²) < 4.78 is 40.3. The molecule has 0 aliphatic carbocycles. The number of nitrogens with zero attached hydrogens (tertiary/aromatic N) is 1. The van der Waals surface area contributed by atoms with E-state index in [0.717, 1.165) is 5.56 Å². The number of anilines is 1. The summed E-state index contributed by atoms with van der Waals surface area (Å²) in [6.07, 6.45) is 0.362.